The molecule has 0 spiro atoms. The van der Waals surface area contributed by atoms with Crippen molar-refractivity contribution in [2.75, 3.05) is 6.26 Å². The summed E-state index contributed by atoms with van der Waals surface area (Å²) in [6, 6.07) is 8.43. The van der Waals surface area contributed by atoms with Gasteiger partial charge in [-0.15, -0.1) is 0 Å². The summed E-state index contributed by atoms with van der Waals surface area (Å²) in [5.74, 6) is -0.534. The van der Waals surface area contributed by atoms with Crippen LogP contribution in [0.25, 0.3) is 6.08 Å². The number of hydrogen-bond donors (Lipinski definition) is 1. The van der Waals surface area contributed by atoms with Gasteiger partial charge in [-0.2, -0.15) is 13.2 Å². The zero-order valence-corrected chi connectivity index (χ0v) is 16.5. The zero-order chi connectivity index (χ0) is 21.1. The van der Waals surface area contributed by atoms with Gasteiger partial charge in [0.05, 0.1) is 16.5 Å². The first-order valence-electron chi connectivity index (χ1n) is 8.03. The highest BCUT2D eigenvalue weighted by Gasteiger charge is 2.30. The van der Waals surface area contributed by atoms with Gasteiger partial charge in [-0.3, -0.25) is 4.79 Å². The number of alkyl halides is 3. The summed E-state index contributed by atoms with van der Waals surface area (Å²) >= 11 is 5.88. The van der Waals surface area contributed by atoms with Crippen LogP contribution in [0.15, 0.2) is 53.4 Å². The summed E-state index contributed by atoms with van der Waals surface area (Å²) in [6.07, 6.45) is -1.13. The van der Waals surface area contributed by atoms with Crippen LogP contribution < -0.4 is 5.32 Å². The number of nitrogens with one attached hydrogen (secondary N) is 1. The van der Waals surface area contributed by atoms with Crippen molar-refractivity contribution in [3.8, 4) is 0 Å². The number of carbonyl (C=O) groups is 1. The Kier molecular flexibility index (Phi) is 6.56. The van der Waals surface area contributed by atoms with E-state index in [1.807, 2.05) is 0 Å². The largest absolute Gasteiger partial charge is 0.416 e. The van der Waals surface area contributed by atoms with E-state index in [1.54, 1.807) is 19.1 Å². The van der Waals surface area contributed by atoms with Gasteiger partial charge in [0.15, 0.2) is 9.84 Å². The molecular formula is C19H17ClF3NO3S. The van der Waals surface area contributed by atoms with E-state index >= 15 is 0 Å². The minimum absolute atomic E-state index is 0.0665. The number of sulfone groups is 1. The van der Waals surface area contributed by atoms with Gasteiger partial charge >= 0.3 is 6.18 Å². The van der Waals surface area contributed by atoms with Gasteiger partial charge in [0.2, 0.25) is 5.91 Å². The smallest absolute Gasteiger partial charge is 0.346 e. The molecule has 2 rings (SSSR count). The Morgan fingerprint density at radius 1 is 1.14 bits per heavy atom. The van der Waals surface area contributed by atoms with Crippen molar-refractivity contribution < 1.29 is 26.4 Å². The van der Waals surface area contributed by atoms with Crippen LogP contribution in [-0.2, 0) is 20.8 Å². The molecule has 2 aromatic rings. The molecule has 1 N–H and O–H groups in total. The Morgan fingerprint density at radius 3 is 2.29 bits per heavy atom. The predicted octanol–water partition coefficient (Wildman–Crippen LogP) is 4.65. The molecule has 0 bridgehead atoms. The van der Waals surface area contributed by atoms with E-state index < -0.39 is 33.5 Å². The molecule has 0 aliphatic carbocycles. The standard InChI is InChI=1S/C19H17ClF3NO3S/c1-12(13-3-7-16(8-4-13)28(2,26)27)24-18(25)10-5-14-11-15(19(21,22)23)6-9-17(14)20/h3-12H,1-2H3,(H,24,25)/b10-5+. The lowest BCUT2D eigenvalue weighted by Crippen LogP contribution is -2.24. The third-order valence-corrected chi connectivity index (χ3v) is 5.38. The van der Waals surface area contributed by atoms with Crippen LogP contribution in [-0.4, -0.2) is 20.6 Å². The number of carbonyl (C=O) groups excluding carboxylic acids is 1. The van der Waals surface area contributed by atoms with Crippen molar-refractivity contribution in [2.24, 2.45) is 0 Å². The molecule has 4 nitrogen and oxygen atoms in total. The lowest BCUT2D eigenvalue weighted by Gasteiger charge is -2.13. The average Bonchev–Trinajstić information content (AvgIpc) is 2.59. The number of amides is 1. The maximum absolute atomic E-state index is 12.8. The van der Waals surface area contributed by atoms with Gasteiger partial charge < -0.3 is 5.32 Å². The van der Waals surface area contributed by atoms with Gasteiger partial charge in [-0.25, -0.2) is 8.42 Å². The average molecular weight is 432 g/mol. The molecule has 150 valence electrons. The Bertz CT molecular complexity index is 1000. The second-order valence-corrected chi connectivity index (χ2v) is 8.56. The SMILES string of the molecule is CC(NC(=O)/C=C/c1cc(C(F)(F)F)ccc1Cl)c1ccc(S(C)(=O)=O)cc1. The third-order valence-electron chi connectivity index (χ3n) is 3.90. The number of halogens is 4. The lowest BCUT2D eigenvalue weighted by atomic mass is 10.1. The van der Waals surface area contributed by atoms with Gasteiger partial charge in [-0.1, -0.05) is 23.7 Å². The number of rotatable bonds is 5. The normalized spacial score (nSPS) is 13.5. The highest BCUT2D eigenvalue weighted by Crippen LogP contribution is 2.32. The fourth-order valence-corrected chi connectivity index (χ4v) is 3.17. The lowest BCUT2D eigenvalue weighted by molar-refractivity contribution is -0.137. The molecule has 1 unspecified atom stereocenters. The summed E-state index contributed by atoms with van der Waals surface area (Å²) in [7, 11) is -3.32. The molecular weight excluding hydrogens is 415 g/mol. The Morgan fingerprint density at radius 2 is 1.75 bits per heavy atom. The van der Waals surface area contributed by atoms with E-state index in [0.717, 1.165) is 30.5 Å². The van der Waals surface area contributed by atoms with Gasteiger partial charge in [0, 0.05) is 17.4 Å². The highest BCUT2D eigenvalue weighted by atomic mass is 35.5. The van der Waals surface area contributed by atoms with Crippen LogP contribution in [0.1, 0.15) is 29.7 Å². The maximum Gasteiger partial charge on any atom is 0.416 e. The first-order chi connectivity index (χ1) is 12.9. The minimum Gasteiger partial charge on any atom is -0.346 e. The minimum atomic E-state index is -4.51. The fraction of sp³-hybridized carbons (Fsp3) is 0.211. The molecule has 28 heavy (non-hydrogen) atoms. The van der Waals surface area contributed by atoms with Crippen molar-refractivity contribution in [1.82, 2.24) is 5.32 Å². The molecule has 0 aliphatic rings. The first-order valence-corrected chi connectivity index (χ1v) is 10.3. The van der Waals surface area contributed by atoms with Crippen LogP contribution in [0.2, 0.25) is 5.02 Å². The first kappa shape index (κ1) is 22.0. The molecule has 0 aliphatic heterocycles. The maximum atomic E-state index is 12.8. The van der Waals surface area contributed by atoms with Crippen LogP contribution in [0, 0.1) is 0 Å². The Labute approximate surface area is 165 Å². The van der Waals surface area contributed by atoms with E-state index in [9.17, 15) is 26.4 Å². The Balaban J connectivity index is 2.09. The van der Waals surface area contributed by atoms with Crippen molar-refractivity contribution in [3.63, 3.8) is 0 Å². The van der Waals surface area contributed by atoms with Crippen molar-refractivity contribution in [2.45, 2.75) is 24.0 Å². The predicted molar refractivity (Wildman–Crippen MR) is 102 cm³/mol. The van der Waals surface area contributed by atoms with E-state index in [2.05, 4.69) is 5.32 Å². The topological polar surface area (TPSA) is 63.2 Å². The number of benzene rings is 2. The summed E-state index contributed by atoms with van der Waals surface area (Å²) in [5, 5.41) is 2.73. The molecule has 0 fully saturated rings. The third kappa shape index (κ3) is 5.84. The fourth-order valence-electron chi connectivity index (χ4n) is 2.36. The molecule has 1 atom stereocenters. The van der Waals surface area contributed by atoms with E-state index in [4.69, 9.17) is 11.6 Å². The highest BCUT2D eigenvalue weighted by molar-refractivity contribution is 7.90. The molecule has 2 aromatic carbocycles. The summed E-state index contributed by atoms with van der Waals surface area (Å²) in [4.78, 5) is 12.2. The van der Waals surface area contributed by atoms with Crippen molar-refractivity contribution in [3.05, 3.63) is 70.3 Å². The monoisotopic (exact) mass is 431 g/mol. The van der Waals surface area contributed by atoms with Gasteiger partial charge in [0.1, 0.15) is 0 Å². The van der Waals surface area contributed by atoms with Crippen LogP contribution in [0.5, 0.6) is 0 Å². The molecule has 0 saturated carbocycles. The van der Waals surface area contributed by atoms with E-state index in [0.29, 0.717) is 5.56 Å². The molecule has 0 radical (unpaired) electrons. The van der Waals surface area contributed by atoms with E-state index in [-0.39, 0.29) is 15.5 Å². The summed E-state index contributed by atoms with van der Waals surface area (Å²) < 4.78 is 61.3. The molecule has 0 aromatic heterocycles. The van der Waals surface area contributed by atoms with Crippen molar-refractivity contribution >= 4 is 33.4 Å². The molecule has 0 heterocycles. The molecule has 9 heteroatoms. The summed E-state index contributed by atoms with van der Waals surface area (Å²) in [6.45, 7) is 1.69. The second kappa shape index (κ2) is 8.36. The Hall–Kier alpha value is -2.32. The van der Waals surface area contributed by atoms with Gasteiger partial charge in [-0.05, 0) is 54.5 Å². The number of hydrogen-bond acceptors (Lipinski definition) is 3. The second-order valence-electron chi connectivity index (χ2n) is 6.14. The van der Waals surface area contributed by atoms with Gasteiger partial charge in [0.25, 0.3) is 0 Å². The molecule has 0 saturated heterocycles. The molecule has 1 amide bonds. The van der Waals surface area contributed by atoms with E-state index in [1.165, 1.54) is 18.2 Å². The summed E-state index contributed by atoms with van der Waals surface area (Å²) in [5.41, 5.74) is -0.126. The zero-order valence-electron chi connectivity index (χ0n) is 14.9. The van der Waals surface area contributed by atoms with Crippen LogP contribution in [0.4, 0.5) is 13.2 Å². The van der Waals surface area contributed by atoms with Crippen LogP contribution in [0.3, 0.4) is 0 Å². The van der Waals surface area contributed by atoms with Crippen molar-refractivity contribution in [1.29, 1.82) is 0 Å². The van der Waals surface area contributed by atoms with Crippen LogP contribution >= 0.6 is 11.6 Å². The quantitative estimate of drug-likeness (QED) is 0.701.